The van der Waals surface area contributed by atoms with Crippen molar-refractivity contribution in [3.8, 4) is 5.75 Å². The minimum absolute atomic E-state index is 0.0931. The fourth-order valence-corrected chi connectivity index (χ4v) is 2.65. The van der Waals surface area contributed by atoms with E-state index >= 15 is 0 Å². The van der Waals surface area contributed by atoms with Crippen LogP contribution in [0.4, 0.5) is 0 Å². The molecule has 0 bridgehead atoms. The molecule has 2 aromatic rings. The third-order valence-electron chi connectivity index (χ3n) is 2.75. The quantitative estimate of drug-likeness (QED) is 0.860. The zero-order valence-electron chi connectivity index (χ0n) is 11.1. The molecule has 0 fully saturated rings. The monoisotopic (exact) mass is 353 g/mol. The summed E-state index contributed by atoms with van der Waals surface area (Å²) in [6, 6.07) is 11.5. The minimum Gasteiger partial charge on any atom is -0.481 e. The minimum atomic E-state index is -0.500. The predicted molar refractivity (Wildman–Crippen MR) is 85.3 cm³/mol. The number of ether oxygens (including phenoxy) is 1. The summed E-state index contributed by atoms with van der Waals surface area (Å²) in [5.41, 5.74) is 0. The molecule has 1 unspecified atom stereocenters. The second-order valence-corrected chi connectivity index (χ2v) is 6.28. The highest BCUT2D eigenvalue weighted by atomic mass is 79.9. The summed E-state index contributed by atoms with van der Waals surface area (Å²) in [6.45, 7) is 2.38. The van der Waals surface area contributed by atoms with Gasteiger partial charge in [-0.3, -0.25) is 4.79 Å². The van der Waals surface area contributed by atoms with Gasteiger partial charge in [-0.05, 0) is 49.1 Å². The maximum atomic E-state index is 11.9. The van der Waals surface area contributed by atoms with Crippen LogP contribution in [-0.2, 0) is 11.2 Å². The van der Waals surface area contributed by atoms with E-state index in [0.29, 0.717) is 12.3 Å². The molecule has 1 amide bonds. The van der Waals surface area contributed by atoms with Crippen molar-refractivity contribution in [1.29, 1.82) is 0 Å². The number of nitrogens with one attached hydrogen (secondary N) is 1. The van der Waals surface area contributed by atoms with Crippen molar-refractivity contribution < 1.29 is 9.53 Å². The van der Waals surface area contributed by atoms with E-state index in [4.69, 9.17) is 4.74 Å². The number of thiophene rings is 1. The lowest BCUT2D eigenvalue weighted by Crippen LogP contribution is -2.37. The average Bonchev–Trinajstić information content (AvgIpc) is 2.94. The van der Waals surface area contributed by atoms with E-state index in [9.17, 15) is 4.79 Å². The largest absolute Gasteiger partial charge is 0.481 e. The van der Waals surface area contributed by atoms with Crippen molar-refractivity contribution in [2.45, 2.75) is 19.4 Å². The Morgan fingerprint density at radius 1 is 1.35 bits per heavy atom. The predicted octanol–water partition coefficient (Wildman–Crippen LogP) is 3.64. The lowest BCUT2D eigenvalue weighted by atomic mass is 10.3. The van der Waals surface area contributed by atoms with Gasteiger partial charge in [0.15, 0.2) is 6.10 Å². The van der Waals surface area contributed by atoms with Crippen LogP contribution in [0.25, 0.3) is 0 Å². The molecule has 0 aliphatic heterocycles. The number of hydrogen-bond acceptors (Lipinski definition) is 3. The first kappa shape index (κ1) is 15.1. The molecule has 2 rings (SSSR count). The van der Waals surface area contributed by atoms with Gasteiger partial charge in [0.25, 0.3) is 5.91 Å². The lowest BCUT2D eigenvalue weighted by molar-refractivity contribution is -0.127. The highest BCUT2D eigenvalue weighted by Gasteiger charge is 2.13. The van der Waals surface area contributed by atoms with Crippen molar-refractivity contribution in [2.24, 2.45) is 0 Å². The van der Waals surface area contributed by atoms with Crippen molar-refractivity contribution in [1.82, 2.24) is 5.32 Å². The molecule has 3 nitrogen and oxygen atoms in total. The Kier molecular flexibility index (Phi) is 5.61. The van der Waals surface area contributed by atoms with E-state index in [1.54, 1.807) is 18.3 Å². The number of benzene rings is 1. The van der Waals surface area contributed by atoms with E-state index in [2.05, 4.69) is 27.3 Å². The Morgan fingerprint density at radius 2 is 2.10 bits per heavy atom. The van der Waals surface area contributed by atoms with Crippen molar-refractivity contribution in [2.75, 3.05) is 6.54 Å². The van der Waals surface area contributed by atoms with Gasteiger partial charge in [-0.25, -0.2) is 0 Å². The lowest BCUT2D eigenvalue weighted by Gasteiger charge is -2.14. The van der Waals surface area contributed by atoms with E-state index in [0.717, 1.165) is 10.9 Å². The summed E-state index contributed by atoms with van der Waals surface area (Å²) in [4.78, 5) is 13.2. The molecular weight excluding hydrogens is 338 g/mol. The second kappa shape index (κ2) is 7.45. The number of rotatable bonds is 6. The van der Waals surface area contributed by atoms with E-state index in [-0.39, 0.29) is 5.91 Å². The molecule has 0 saturated carbocycles. The molecule has 0 aliphatic carbocycles. The number of carbonyl (C=O) groups is 1. The Hall–Kier alpha value is -1.33. The number of halogens is 1. The van der Waals surface area contributed by atoms with Gasteiger partial charge in [0.1, 0.15) is 5.75 Å². The Morgan fingerprint density at radius 3 is 2.75 bits per heavy atom. The highest BCUT2D eigenvalue weighted by molar-refractivity contribution is 9.10. The zero-order valence-corrected chi connectivity index (χ0v) is 13.5. The molecule has 1 atom stereocenters. The van der Waals surface area contributed by atoms with E-state index in [1.165, 1.54) is 4.88 Å². The summed E-state index contributed by atoms with van der Waals surface area (Å²) in [5, 5.41) is 4.92. The van der Waals surface area contributed by atoms with Crippen LogP contribution in [0, 0.1) is 0 Å². The third kappa shape index (κ3) is 4.65. The molecule has 0 radical (unpaired) electrons. The van der Waals surface area contributed by atoms with Gasteiger partial charge in [-0.15, -0.1) is 11.3 Å². The fourth-order valence-electron chi connectivity index (χ4n) is 1.68. The number of amides is 1. The third-order valence-corrected chi connectivity index (χ3v) is 4.21. The molecule has 0 aliphatic rings. The van der Waals surface area contributed by atoms with Crippen LogP contribution in [0.15, 0.2) is 46.3 Å². The first-order valence-electron chi connectivity index (χ1n) is 6.37. The second-order valence-electron chi connectivity index (χ2n) is 4.33. The molecule has 0 saturated heterocycles. The molecule has 106 valence electrons. The fraction of sp³-hybridized carbons (Fsp3) is 0.267. The first-order chi connectivity index (χ1) is 9.65. The molecule has 1 aromatic heterocycles. The SMILES string of the molecule is CC(Oc1ccc(Br)cc1)C(=O)NCCc1cccs1. The normalized spacial score (nSPS) is 11.9. The van der Waals surface area contributed by atoms with Crippen LogP contribution >= 0.6 is 27.3 Å². The maximum Gasteiger partial charge on any atom is 0.260 e. The van der Waals surface area contributed by atoms with Gasteiger partial charge >= 0.3 is 0 Å². The van der Waals surface area contributed by atoms with Crippen LogP contribution < -0.4 is 10.1 Å². The molecule has 1 heterocycles. The van der Waals surface area contributed by atoms with Gasteiger partial charge in [0.05, 0.1) is 0 Å². The molecule has 0 spiro atoms. The molecule has 5 heteroatoms. The summed E-state index contributed by atoms with van der Waals surface area (Å²) in [6.07, 6.45) is 0.355. The Labute approximate surface area is 131 Å². The number of hydrogen-bond donors (Lipinski definition) is 1. The van der Waals surface area contributed by atoms with Crippen LogP contribution in [-0.4, -0.2) is 18.6 Å². The van der Waals surface area contributed by atoms with Crippen LogP contribution in [0.1, 0.15) is 11.8 Å². The summed E-state index contributed by atoms with van der Waals surface area (Å²) < 4.78 is 6.57. The molecular formula is C15H16BrNO2S. The smallest absolute Gasteiger partial charge is 0.260 e. The zero-order chi connectivity index (χ0) is 14.4. The Balaban J connectivity index is 1.75. The van der Waals surface area contributed by atoms with Gasteiger partial charge in [-0.2, -0.15) is 0 Å². The Bertz CT molecular complexity index is 540. The highest BCUT2D eigenvalue weighted by Crippen LogP contribution is 2.17. The molecule has 1 N–H and O–H groups in total. The van der Waals surface area contributed by atoms with Crippen LogP contribution in [0.3, 0.4) is 0 Å². The van der Waals surface area contributed by atoms with Crippen LogP contribution in [0.2, 0.25) is 0 Å². The standard InChI is InChI=1S/C15H16BrNO2S/c1-11(19-13-6-4-12(16)5-7-13)15(18)17-9-8-14-3-2-10-20-14/h2-7,10-11H,8-9H2,1H3,(H,17,18). The van der Waals surface area contributed by atoms with Gasteiger partial charge in [-0.1, -0.05) is 22.0 Å². The number of carbonyl (C=O) groups excluding carboxylic acids is 1. The summed E-state index contributed by atoms with van der Waals surface area (Å²) in [5.74, 6) is 0.596. The van der Waals surface area contributed by atoms with Gasteiger partial charge < -0.3 is 10.1 Å². The van der Waals surface area contributed by atoms with Crippen molar-refractivity contribution in [3.05, 3.63) is 51.1 Å². The van der Waals surface area contributed by atoms with Gasteiger partial charge in [0, 0.05) is 15.9 Å². The summed E-state index contributed by atoms with van der Waals surface area (Å²) >= 11 is 5.06. The summed E-state index contributed by atoms with van der Waals surface area (Å²) in [7, 11) is 0. The first-order valence-corrected chi connectivity index (χ1v) is 8.05. The van der Waals surface area contributed by atoms with Crippen LogP contribution in [0.5, 0.6) is 5.75 Å². The van der Waals surface area contributed by atoms with Crippen molar-refractivity contribution in [3.63, 3.8) is 0 Å². The molecule has 1 aromatic carbocycles. The van der Waals surface area contributed by atoms with E-state index < -0.39 is 6.10 Å². The molecule has 20 heavy (non-hydrogen) atoms. The average molecular weight is 354 g/mol. The maximum absolute atomic E-state index is 11.9. The van der Waals surface area contributed by atoms with Crippen molar-refractivity contribution >= 4 is 33.2 Å². The van der Waals surface area contributed by atoms with E-state index in [1.807, 2.05) is 35.7 Å². The van der Waals surface area contributed by atoms with Gasteiger partial charge in [0.2, 0.25) is 0 Å². The topological polar surface area (TPSA) is 38.3 Å².